The van der Waals surface area contributed by atoms with E-state index < -0.39 is 10.3 Å². The second kappa shape index (κ2) is 13.0. The Labute approximate surface area is 201 Å². The molecule has 1 heterocycles. The molecule has 0 saturated carbocycles. The molecule has 0 aliphatic carbocycles. The van der Waals surface area contributed by atoms with E-state index in [1.807, 2.05) is 64.2 Å². The Morgan fingerprint density at radius 3 is 1.88 bits per heavy atom. The van der Waals surface area contributed by atoms with Gasteiger partial charge in [-0.1, -0.05) is 6.07 Å². The van der Waals surface area contributed by atoms with Gasteiger partial charge in [0.05, 0.1) is 43.4 Å². The average Bonchev–Trinajstić information content (AvgIpc) is 2.76. The fourth-order valence-corrected chi connectivity index (χ4v) is 3.32. The minimum atomic E-state index is -4.42. The molecule has 0 saturated heterocycles. The third kappa shape index (κ3) is 8.36. The lowest BCUT2D eigenvalue weighted by Crippen LogP contribution is -2.16. The molecule has 9 nitrogen and oxygen atoms in total. The highest BCUT2D eigenvalue weighted by atomic mass is 32.2. The fourth-order valence-electron chi connectivity index (χ4n) is 3.32. The molecule has 0 unspecified atom stereocenters. The Balaban J connectivity index is 0.000000739. The van der Waals surface area contributed by atoms with Gasteiger partial charge in [-0.3, -0.25) is 0 Å². The summed E-state index contributed by atoms with van der Waals surface area (Å²) in [6, 6.07) is 10.1. The van der Waals surface area contributed by atoms with Crippen LogP contribution in [-0.4, -0.2) is 45.1 Å². The topological polar surface area (TPSA) is 134 Å². The maximum atomic E-state index is 8.85. The van der Waals surface area contributed by atoms with Crippen molar-refractivity contribution in [3.05, 3.63) is 53.2 Å². The van der Waals surface area contributed by atoms with Crippen molar-refractivity contribution in [1.82, 2.24) is 4.99 Å². The van der Waals surface area contributed by atoms with Crippen LogP contribution in [0, 0.1) is 0 Å². The summed E-state index contributed by atoms with van der Waals surface area (Å²) in [5.74, 6) is 3.04. The van der Waals surface area contributed by atoms with E-state index in [9.17, 15) is 0 Å². The second-order valence-electron chi connectivity index (χ2n) is 6.96. The maximum absolute atomic E-state index is 8.85. The van der Waals surface area contributed by atoms with Crippen molar-refractivity contribution in [2.45, 2.75) is 34.1 Å². The van der Waals surface area contributed by atoms with Crippen LogP contribution in [0.4, 0.5) is 0 Å². The number of hydrogen-bond acceptors (Lipinski definition) is 8. The zero-order valence-corrected chi connectivity index (χ0v) is 20.7. The minimum Gasteiger partial charge on any atom is -0.736 e. The highest BCUT2D eigenvalue weighted by Crippen LogP contribution is 2.34. The van der Waals surface area contributed by atoms with Gasteiger partial charge in [0, 0.05) is 6.08 Å². The minimum absolute atomic E-state index is 0.581. The first kappa shape index (κ1) is 27.2. The van der Waals surface area contributed by atoms with Gasteiger partial charge >= 0.3 is 0 Å². The molecule has 185 valence electrons. The van der Waals surface area contributed by atoms with Crippen LogP contribution in [0.5, 0.6) is 23.0 Å². The maximum Gasteiger partial charge on any atom is 0.266 e. The quantitative estimate of drug-likeness (QED) is 0.505. The van der Waals surface area contributed by atoms with Crippen LogP contribution in [0.25, 0.3) is 6.08 Å². The summed E-state index contributed by atoms with van der Waals surface area (Å²) < 4.78 is 49.6. The lowest BCUT2D eigenvalue weighted by Gasteiger charge is -2.15. The molecule has 2 N–H and O–H groups in total. The molecule has 0 spiro atoms. The molecule has 1 aliphatic heterocycles. The van der Waals surface area contributed by atoms with E-state index in [1.165, 1.54) is 0 Å². The van der Waals surface area contributed by atoms with Gasteiger partial charge < -0.3 is 23.5 Å². The number of nitrogens with zero attached hydrogens (tertiary/aromatic N) is 1. The second-order valence-corrected chi connectivity index (χ2v) is 7.95. The number of ether oxygens (including phenoxy) is 4. The lowest BCUT2D eigenvalue weighted by molar-refractivity contribution is 0.287. The first-order valence-corrected chi connectivity index (χ1v) is 12.5. The van der Waals surface area contributed by atoms with Crippen LogP contribution in [0.1, 0.15) is 44.4 Å². The molecule has 34 heavy (non-hydrogen) atoms. The monoisotopic (exact) mass is 491 g/mol. The summed E-state index contributed by atoms with van der Waals surface area (Å²) in [4.78, 5) is 4.65. The van der Waals surface area contributed by atoms with E-state index in [0.29, 0.717) is 32.8 Å². The summed E-state index contributed by atoms with van der Waals surface area (Å²) in [5, 5.41) is 3.77. The number of hydrogen-bond donors (Lipinski definition) is 1. The van der Waals surface area contributed by atoms with Crippen molar-refractivity contribution in [3.8, 4) is 23.0 Å². The first-order chi connectivity index (χ1) is 16.2. The van der Waals surface area contributed by atoms with E-state index in [1.54, 1.807) is 0 Å². The van der Waals surface area contributed by atoms with E-state index >= 15 is 0 Å². The summed E-state index contributed by atoms with van der Waals surface area (Å²) >= 11 is 0. The van der Waals surface area contributed by atoms with Crippen LogP contribution in [-0.2, 0) is 16.7 Å². The largest absolute Gasteiger partial charge is 0.736 e. The van der Waals surface area contributed by atoms with Crippen molar-refractivity contribution < 1.29 is 31.9 Å². The van der Waals surface area contributed by atoms with Gasteiger partial charge in [0.25, 0.3) is 5.71 Å². The molecule has 0 bridgehead atoms. The summed E-state index contributed by atoms with van der Waals surface area (Å²) in [5.41, 5.74) is 4.24. The van der Waals surface area contributed by atoms with Crippen LogP contribution in [0.15, 0.2) is 36.5 Å². The molecule has 0 atom stereocenters. The van der Waals surface area contributed by atoms with Gasteiger partial charge in [-0.2, -0.15) is 0 Å². The highest BCUT2D eigenvalue weighted by Gasteiger charge is 2.25. The number of benzene rings is 2. The van der Waals surface area contributed by atoms with Gasteiger partial charge in [0.15, 0.2) is 33.3 Å². The van der Waals surface area contributed by atoms with Crippen LogP contribution < -0.4 is 29.1 Å². The SMILES string of the molecule is CCOc1ccc(CC2=[N+]C=Cc3cc(OCC)c(OCC)cc32)cc1OCC.NS(=O)(=O)[O-]. The molecule has 3 rings (SSSR count). The van der Waals surface area contributed by atoms with Gasteiger partial charge in [0.2, 0.25) is 6.20 Å². The van der Waals surface area contributed by atoms with E-state index in [2.05, 4.69) is 16.2 Å². The molecule has 0 aromatic heterocycles. The van der Waals surface area contributed by atoms with E-state index in [0.717, 1.165) is 45.4 Å². The van der Waals surface area contributed by atoms with Crippen molar-refractivity contribution in [1.29, 1.82) is 0 Å². The third-order valence-electron chi connectivity index (χ3n) is 4.49. The number of fused-ring (bicyclic) bond motifs is 1. The summed E-state index contributed by atoms with van der Waals surface area (Å²) in [6.45, 7) is 10.3. The van der Waals surface area contributed by atoms with Gasteiger partial charge in [-0.15, -0.1) is 0 Å². The number of aliphatic imine (C=N–C) groups is 1. The van der Waals surface area contributed by atoms with Crippen molar-refractivity contribution >= 4 is 22.1 Å². The molecule has 1 aliphatic rings. The normalized spacial score (nSPS) is 12.1. The number of nitrogens with two attached hydrogens (primary N) is 1. The van der Waals surface area contributed by atoms with Crippen LogP contribution >= 0.6 is 0 Å². The standard InChI is InChI=1S/C24H29NO4.H3NO3S/c1-5-26-21-10-9-17(14-22(21)27-6-2)13-20-19-16-24(29-8-4)23(28-7-3)15-18(19)11-12-25-20;1-5(2,3)4/h9-12,14-16H,5-8,13H2,1-4H3;(H3,1,2,3,4)/q+1;/p-1. The predicted octanol–water partition coefficient (Wildman–Crippen LogP) is 3.04. The highest BCUT2D eigenvalue weighted by molar-refractivity contribution is 7.83. The molecule has 0 amide bonds. The third-order valence-corrected chi connectivity index (χ3v) is 4.49. The van der Waals surface area contributed by atoms with Gasteiger partial charge in [-0.05, 0) is 63.1 Å². The molecule has 1 radical (unpaired) electrons. The Bertz CT molecular complexity index is 1120. The van der Waals surface area contributed by atoms with Crippen molar-refractivity contribution in [2.75, 3.05) is 26.4 Å². The molecule has 2 aromatic carbocycles. The van der Waals surface area contributed by atoms with Gasteiger partial charge in [-0.25, -0.2) is 13.6 Å². The Kier molecular flexibility index (Phi) is 10.4. The fraction of sp³-hybridized carbons (Fsp3) is 0.375. The molecular formula is C24H31N2O7S. The smallest absolute Gasteiger partial charge is 0.266 e. The van der Waals surface area contributed by atoms with Crippen LogP contribution in [0.3, 0.4) is 0 Å². The Morgan fingerprint density at radius 1 is 0.824 bits per heavy atom. The first-order valence-electron chi connectivity index (χ1n) is 11.0. The van der Waals surface area contributed by atoms with E-state index in [-0.39, 0.29) is 0 Å². The zero-order valence-electron chi connectivity index (χ0n) is 19.9. The molecule has 2 aromatic rings. The van der Waals surface area contributed by atoms with Gasteiger partial charge in [0.1, 0.15) is 0 Å². The molecule has 10 heteroatoms. The predicted molar refractivity (Wildman–Crippen MR) is 130 cm³/mol. The summed E-state index contributed by atoms with van der Waals surface area (Å²) in [7, 11) is -4.42. The van der Waals surface area contributed by atoms with Crippen LogP contribution in [0.2, 0.25) is 0 Å². The molecule has 0 fully saturated rings. The zero-order chi connectivity index (χ0) is 25.1. The average molecular weight is 492 g/mol. The van der Waals surface area contributed by atoms with Crippen molar-refractivity contribution in [3.63, 3.8) is 0 Å². The lowest BCUT2D eigenvalue weighted by atomic mass is 9.95. The number of rotatable bonds is 10. The Hall–Kier alpha value is -3.08. The Morgan fingerprint density at radius 2 is 1.32 bits per heavy atom. The van der Waals surface area contributed by atoms with E-state index in [4.69, 9.17) is 31.9 Å². The summed E-state index contributed by atoms with van der Waals surface area (Å²) in [6.07, 6.45) is 4.52. The molecular weight excluding hydrogens is 460 g/mol. The van der Waals surface area contributed by atoms with Crippen molar-refractivity contribution in [2.24, 2.45) is 5.14 Å².